The third kappa shape index (κ3) is 2.92. The van der Waals surface area contributed by atoms with E-state index in [0.29, 0.717) is 25.3 Å². The zero-order valence-electron chi connectivity index (χ0n) is 11.4. The number of hydrogen-bond acceptors (Lipinski definition) is 3. The Hall–Kier alpha value is -1.65. The van der Waals surface area contributed by atoms with E-state index in [1.807, 2.05) is 6.07 Å². The van der Waals surface area contributed by atoms with Crippen LogP contribution in [0.2, 0.25) is 0 Å². The Morgan fingerprint density at radius 1 is 1.25 bits per heavy atom. The van der Waals surface area contributed by atoms with E-state index in [-0.39, 0.29) is 0 Å². The van der Waals surface area contributed by atoms with Gasteiger partial charge in [-0.05, 0) is 18.4 Å². The average molecular weight is 273 g/mol. The molecule has 0 amide bonds. The second-order valence-electron chi connectivity index (χ2n) is 5.55. The SMILES string of the molecule is O=C(O)C=C1CC2COCC(C1)N2Cc1ccccc1. The van der Waals surface area contributed by atoms with Crippen LogP contribution in [0.4, 0.5) is 0 Å². The number of ether oxygens (including phenoxy) is 1. The Bertz CT molecular complexity index is 496. The van der Waals surface area contributed by atoms with E-state index in [4.69, 9.17) is 9.84 Å². The number of rotatable bonds is 3. The molecule has 2 saturated heterocycles. The largest absolute Gasteiger partial charge is 0.478 e. The fourth-order valence-electron chi connectivity index (χ4n) is 3.22. The van der Waals surface area contributed by atoms with Gasteiger partial charge in [0.25, 0.3) is 0 Å². The van der Waals surface area contributed by atoms with Crippen molar-refractivity contribution in [2.45, 2.75) is 31.5 Å². The lowest BCUT2D eigenvalue weighted by atomic mass is 9.89. The molecule has 20 heavy (non-hydrogen) atoms. The molecular formula is C16H19NO3. The van der Waals surface area contributed by atoms with E-state index in [1.165, 1.54) is 11.6 Å². The van der Waals surface area contributed by atoms with Crippen LogP contribution in [-0.4, -0.2) is 41.3 Å². The molecule has 0 radical (unpaired) electrons. The number of benzene rings is 1. The lowest BCUT2D eigenvalue weighted by Gasteiger charge is -2.46. The first kappa shape index (κ1) is 13.3. The molecule has 3 rings (SSSR count). The summed E-state index contributed by atoms with van der Waals surface area (Å²) in [7, 11) is 0. The van der Waals surface area contributed by atoms with Gasteiger partial charge in [0.1, 0.15) is 0 Å². The summed E-state index contributed by atoms with van der Waals surface area (Å²) in [6.07, 6.45) is 2.98. The maximum Gasteiger partial charge on any atom is 0.328 e. The number of carboxylic acid groups (broad SMARTS) is 1. The molecule has 0 aromatic heterocycles. The van der Waals surface area contributed by atoms with Crippen molar-refractivity contribution in [3.8, 4) is 0 Å². The third-order valence-corrected chi connectivity index (χ3v) is 4.09. The lowest BCUT2D eigenvalue weighted by Crippen LogP contribution is -2.54. The minimum atomic E-state index is -0.837. The molecule has 4 nitrogen and oxygen atoms in total. The van der Waals surface area contributed by atoms with Gasteiger partial charge in [0.05, 0.1) is 13.2 Å². The smallest absolute Gasteiger partial charge is 0.328 e. The van der Waals surface area contributed by atoms with Crippen LogP contribution in [-0.2, 0) is 16.1 Å². The lowest BCUT2D eigenvalue weighted by molar-refractivity contribution is -0.131. The minimum Gasteiger partial charge on any atom is -0.478 e. The Balaban J connectivity index is 1.75. The standard InChI is InChI=1S/C16H19NO3/c18-16(19)8-13-6-14-10-20-11-15(7-13)17(14)9-12-4-2-1-3-5-12/h1-5,8,14-15H,6-7,9-11H2,(H,18,19). The first-order valence-electron chi connectivity index (χ1n) is 7.02. The second-order valence-corrected chi connectivity index (χ2v) is 5.55. The molecule has 2 aliphatic rings. The monoisotopic (exact) mass is 273 g/mol. The normalized spacial score (nSPS) is 26.3. The maximum atomic E-state index is 10.8. The van der Waals surface area contributed by atoms with Gasteiger partial charge in [-0.25, -0.2) is 4.79 Å². The van der Waals surface area contributed by atoms with Crippen LogP contribution < -0.4 is 0 Å². The fraction of sp³-hybridized carbons (Fsp3) is 0.438. The molecule has 2 fully saturated rings. The van der Waals surface area contributed by atoms with E-state index in [9.17, 15) is 4.79 Å². The van der Waals surface area contributed by atoms with Crippen molar-refractivity contribution in [2.24, 2.45) is 0 Å². The van der Waals surface area contributed by atoms with Crippen LogP contribution in [0, 0.1) is 0 Å². The highest BCUT2D eigenvalue weighted by atomic mass is 16.5. The quantitative estimate of drug-likeness (QED) is 0.856. The van der Waals surface area contributed by atoms with E-state index >= 15 is 0 Å². The third-order valence-electron chi connectivity index (χ3n) is 4.09. The molecule has 2 bridgehead atoms. The summed E-state index contributed by atoms with van der Waals surface area (Å²) in [5, 5.41) is 8.91. The molecule has 0 spiro atoms. The number of hydrogen-bond donors (Lipinski definition) is 1. The number of carboxylic acids is 1. The van der Waals surface area contributed by atoms with Crippen LogP contribution in [0.3, 0.4) is 0 Å². The molecular weight excluding hydrogens is 254 g/mol. The van der Waals surface area contributed by atoms with Gasteiger partial charge in [-0.15, -0.1) is 0 Å². The summed E-state index contributed by atoms with van der Waals surface area (Å²) in [5.74, 6) is -0.837. The predicted octanol–water partition coefficient (Wildman–Crippen LogP) is 2.06. The molecule has 106 valence electrons. The number of nitrogens with zero attached hydrogens (tertiary/aromatic N) is 1. The van der Waals surface area contributed by atoms with Gasteiger partial charge in [-0.3, -0.25) is 4.90 Å². The number of morpholine rings is 1. The van der Waals surface area contributed by atoms with Gasteiger partial charge in [-0.1, -0.05) is 35.9 Å². The van der Waals surface area contributed by atoms with Crippen molar-refractivity contribution in [3.63, 3.8) is 0 Å². The highest BCUT2D eigenvalue weighted by Gasteiger charge is 2.36. The highest BCUT2D eigenvalue weighted by molar-refractivity contribution is 5.80. The maximum absolute atomic E-state index is 10.8. The molecule has 0 saturated carbocycles. The summed E-state index contributed by atoms with van der Waals surface area (Å²) in [6.45, 7) is 2.31. The van der Waals surface area contributed by atoms with E-state index in [2.05, 4.69) is 29.2 Å². The molecule has 1 aromatic carbocycles. The summed E-state index contributed by atoms with van der Waals surface area (Å²) in [4.78, 5) is 13.3. The first-order valence-corrected chi connectivity index (χ1v) is 7.02. The van der Waals surface area contributed by atoms with Crippen molar-refractivity contribution in [1.29, 1.82) is 0 Å². The van der Waals surface area contributed by atoms with E-state index < -0.39 is 5.97 Å². The molecule has 4 heteroatoms. The molecule has 2 atom stereocenters. The van der Waals surface area contributed by atoms with Crippen molar-refractivity contribution >= 4 is 5.97 Å². The highest BCUT2D eigenvalue weighted by Crippen LogP contribution is 2.32. The Morgan fingerprint density at radius 3 is 2.50 bits per heavy atom. The summed E-state index contributed by atoms with van der Waals surface area (Å²) < 4.78 is 5.64. The van der Waals surface area contributed by atoms with Crippen LogP contribution in [0.25, 0.3) is 0 Å². The minimum absolute atomic E-state index is 0.299. The number of carbonyl (C=O) groups is 1. The molecule has 1 N–H and O–H groups in total. The van der Waals surface area contributed by atoms with Crippen LogP contribution in [0.1, 0.15) is 18.4 Å². The number of fused-ring (bicyclic) bond motifs is 2. The average Bonchev–Trinajstić information content (AvgIpc) is 2.40. The van der Waals surface area contributed by atoms with Gasteiger partial charge >= 0.3 is 5.97 Å². The van der Waals surface area contributed by atoms with Gasteiger partial charge in [0.2, 0.25) is 0 Å². The summed E-state index contributed by atoms with van der Waals surface area (Å²) in [5.41, 5.74) is 2.34. The van der Waals surface area contributed by atoms with Crippen molar-refractivity contribution in [3.05, 3.63) is 47.5 Å². The molecule has 2 aliphatic heterocycles. The van der Waals surface area contributed by atoms with Crippen molar-refractivity contribution in [1.82, 2.24) is 4.90 Å². The molecule has 1 aromatic rings. The zero-order valence-corrected chi connectivity index (χ0v) is 11.4. The Labute approximate surface area is 118 Å². The second kappa shape index (κ2) is 5.77. The Kier molecular flexibility index (Phi) is 3.85. The zero-order chi connectivity index (χ0) is 13.9. The van der Waals surface area contributed by atoms with Gasteiger partial charge in [0.15, 0.2) is 0 Å². The first-order chi connectivity index (χ1) is 9.72. The van der Waals surface area contributed by atoms with Crippen molar-refractivity contribution < 1.29 is 14.6 Å². The molecule has 2 heterocycles. The molecule has 2 unspecified atom stereocenters. The van der Waals surface area contributed by atoms with E-state index in [1.54, 1.807) is 0 Å². The predicted molar refractivity (Wildman–Crippen MR) is 75.3 cm³/mol. The topological polar surface area (TPSA) is 49.8 Å². The van der Waals surface area contributed by atoms with Crippen molar-refractivity contribution in [2.75, 3.05) is 13.2 Å². The van der Waals surface area contributed by atoms with Gasteiger partial charge < -0.3 is 9.84 Å². The fourth-order valence-corrected chi connectivity index (χ4v) is 3.22. The Morgan fingerprint density at radius 2 is 1.90 bits per heavy atom. The van der Waals surface area contributed by atoms with Crippen LogP contribution in [0.15, 0.2) is 42.0 Å². The number of aliphatic carboxylic acids is 1. The summed E-state index contributed by atoms with van der Waals surface area (Å²) in [6, 6.07) is 11.0. The van der Waals surface area contributed by atoms with Crippen LogP contribution >= 0.6 is 0 Å². The summed E-state index contributed by atoms with van der Waals surface area (Å²) >= 11 is 0. The number of piperidine rings is 1. The van der Waals surface area contributed by atoms with E-state index in [0.717, 1.165) is 25.0 Å². The van der Waals surface area contributed by atoms with Gasteiger partial charge in [-0.2, -0.15) is 0 Å². The van der Waals surface area contributed by atoms with Gasteiger partial charge in [0, 0.05) is 24.7 Å². The van der Waals surface area contributed by atoms with Crippen LogP contribution in [0.5, 0.6) is 0 Å². The molecule has 0 aliphatic carbocycles.